The van der Waals surface area contributed by atoms with Crippen molar-refractivity contribution in [2.75, 3.05) is 26.2 Å². The molecule has 3 unspecified atom stereocenters. The first-order valence-corrected chi connectivity index (χ1v) is 29.4. The summed E-state index contributed by atoms with van der Waals surface area (Å²) in [6.07, 6.45) is 40.8. The van der Waals surface area contributed by atoms with E-state index in [1.165, 1.54) is 135 Å². The summed E-state index contributed by atoms with van der Waals surface area (Å²) in [4.78, 5) is 78.7. The van der Waals surface area contributed by atoms with Gasteiger partial charge in [0.05, 0.1) is 0 Å². The van der Waals surface area contributed by atoms with Crippen molar-refractivity contribution in [3.63, 3.8) is 0 Å². The van der Waals surface area contributed by atoms with Crippen LogP contribution in [0.4, 0.5) is 0 Å². The van der Waals surface area contributed by atoms with E-state index >= 15 is 0 Å². The molecule has 0 fully saturated rings. The number of Topliss-reactive ketones (excluding diaryl/α,β-unsaturated/α-hetero) is 1. The standard InChI is InChI=1S/C57H111N7O6/c1-4-6-8-10-12-14-16-18-20-22-24-26-30-43-53(66)60-47-38-34-42-51(62-54(67)44-31-27-25-23-21-19-17-15-13-11-9-7-5-2)56(69)64-52(41-33-36-46-59)57(70)63-50(40-32-35-45-58)55(68)61-48-37-28-29-39-49(3)65/h50-52H,4-48,58-59H2,1-3H3,(H,60,66)(H,61,68)(H,62,67)(H,63,70)(H,64,69). The van der Waals surface area contributed by atoms with Gasteiger partial charge < -0.3 is 42.8 Å². The highest BCUT2D eigenvalue weighted by molar-refractivity contribution is 5.94. The average Bonchev–Trinajstić information content (AvgIpc) is 3.34. The van der Waals surface area contributed by atoms with Crippen LogP contribution >= 0.6 is 0 Å². The molecule has 0 rings (SSSR count). The lowest BCUT2D eigenvalue weighted by Gasteiger charge is -2.25. The first-order chi connectivity index (χ1) is 34.1. The van der Waals surface area contributed by atoms with Crippen molar-refractivity contribution >= 4 is 35.3 Å². The minimum atomic E-state index is -0.930. The molecule has 0 heterocycles. The molecule has 9 N–H and O–H groups in total. The fraction of sp³-hybridized carbons (Fsp3) is 0.895. The van der Waals surface area contributed by atoms with Crippen LogP contribution in [0.2, 0.25) is 0 Å². The summed E-state index contributed by atoms with van der Waals surface area (Å²) in [6.45, 7) is 7.91. The number of rotatable bonds is 53. The van der Waals surface area contributed by atoms with Crippen LogP contribution in [-0.2, 0) is 28.8 Å². The summed E-state index contributed by atoms with van der Waals surface area (Å²) >= 11 is 0. The zero-order chi connectivity index (χ0) is 51.6. The Morgan fingerprint density at radius 2 is 0.643 bits per heavy atom. The van der Waals surface area contributed by atoms with E-state index in [4.69, 9.17) is 11.5 Å². The van der Waals surface area contributed by atoms with E-state index in [1.807, 2.05) is 0 Å². The Morgan fingerprint density at radius 1 is 0.329 bits per heavy atom. The predicted octanol–water partition coefficient (Wildman–Crippen LogP) is 11.2. The maximum absolute atomic E-state index is 14.1. The summed E-state index contributed by atoms with van der Waals surface area (Å²) in [7, 11) is 0. The molecular formula is C57H111N7O6. The van der Waals surface area contributed by atoms with Gasteiger partial charge in [0.15, 0.2) is 0 Å². The molecule has 13 nitrogen and oxygen atoms in total. The molecule has 0 saturated heterocycles. The van der Waals surface area contributed by atoms with Gasteiger partial charge in [0.25, 0.3) is 0 Å². The summed E-state index contributed by atoms with van der Waals surface area (Å²) in [5.41, 5.74) is 11.6. The van der Waals surface area contributed by atoms with Crippen molar-refractivity contribution in [1.82, 2.24) is 26.6 Å². The molecule has 0 aromatic carbocycles. The number of hydrogen-bond acceptors (Lipinski definition) is 8. The lowest BCUT2D eigenvalue weighted by Crippen LogP contribution is -2.56. The molecule has 13 heteroatoms. The average molecular weight is 991 g/mol. The van der Waals surface area contributed by atoms with Crippen LogP contribution < -0.4 is 38.1 Å². The van der Waals surface area contributed by atoms with Gasteiger partial charge in [-0.1, -0.05) is 174 Å². The Kier molecular flexibility index (Phi) is 48.6. The number of amides is 5. The number of hydrogen-bond donors (Lipinski definition) is 7. The zero-order valence-electron chi connectivity index (χ0n) is 45.7. The van der Waals surface area contributed by atoms with Crippen LogP contribution in [0.15, 0.2) is 0 Å². The first-order valence-electron chi connectivity index (χ1n) is 29.4. The van der Waals surface area contributed by atoms with Crippen molar-refractivity contribution in [1.29, 1.82) is 0 Å². The second-order valence-corrected chi connectivity index (χ2v) is 20.4. The smallest absolute Gasteiger partial charge is 0.243 e. The maximum atomic E-state index is 14.1. The molecule has 0 bridgehead atoms. The molecule has 0 aromatic heterocycles. The zero-order valence-corrected chi connectivity index (χ0v) is 45.7. The Hall–Kier alpha value is -3.06. The monoisotopic (exact) mass is 990 g/mol. The maximum Gasteiger partial charge on any atom is 0.243 e. The highest BCUT2D eigenvalue weighted by atomic mass is 16.2. The number of nitrogens with one attached hydrogen (secondary N) is 5. The number of unbranched alkanes of at least 4 members (excludes halogenated alkanes) is 29. The van der Waals surface area contributed by atoms with Crippen molar-refractivity contribution in [2.45, 2.75) is 302 Å². The molecular weight excluding hydrogens is 879 g/mol. The molecule has 0 saturated carbocycles. The predicted molar refractivity (Wildman–Crippen MR) is 291 cm³/mol. The number of carbonyl (C=O) groups excluding carboxylic acids is 6. The van der Waals surface area contributed by atoms with Crippen molar-refractivity contribution in [3.05, 3.63) is 0 Å². The van der Waals surface area contributed by atoms with Crippen LogP contribution in [-0.4, -0.2) is 79.6 Å². The SMILES string of the molecule is CCCCCCCCCCCCCCCC(=O)NCCCCC(NC(=O)CCCCCCCCCCCCCCC)C(=O)NC(CCCCN)C(=O)NC(CCCCN)C(=O)NCCCCCC(C)=O. The van der Waals surface area contributed by atoms with Gasteiger partial charge in [0.1, 0.15) is 23.9 Å². The lowest BCUT2D eigenvalue weighted by atomic mass is 10.0. The van der Waals surface area contributed by atoms with Gasteiger partial charge in [-0.15, -0.1) is 0 Å². The van der Waals surface area contributed by atoms with E-state index < -0.39 is 29.9 Å². The quantitative estimate of drug-likeness (QED) is 0.0290. The highest BCUT2D eigenvalue weighted by Gasteiger charge is 2.29. The van der Waals surface area contributed by atoms with Gasteiger partial charge in [-0.25, -0.2) is 0 Å². The Morgan fingerprint density at radius 3 is 1.06 bits per heavy atom. The van der Waals surface area contributed by atoms with Gasteiger partial charge in [-0.3, -0.25) is 24.0 Å². The summed E-state index contributed by atoms with van der Waals surface area (Å²) in [6, 6.07) is -2.59. The number of ketones is 1. The van der Waals surface area contributed by atoms with E-state index in [0.717, 1.165) is 51.4 Å². The minimum absolute atomic E-state index is 0.0504. The largest absolute Gasteiger partial charge is 0.356 e. The van der Waals surface area contributed by atoms with Crippen LogP contribution in [0.3, 0.4) is 0 Å². The lowest BCUT2D eigenvalue weighted by molar-refractivity contribution is -0.134. The Balaban J connectivity index is 5.34. The molecule has 0 aliphatic heterocycles. The molecule has 0 radical (unpaired) electrons. The van der Waals surface area contributed by atoms with Gasteiger partial charge in [0.2, 0.25) is 29.5 Å². The fourth-order valence-corrected chi connectivity index (χ4v) is 9.01. The number of nitrogens with two attached hydrogens (primary N) is 2. The van der Waals surface area contributed by atoms with Gasteiger partial charge in [-0.2, -0.15) is 0 Å². The van der Waals surface area contributed by atoms with E-state index in [0.29, 0.717) is 103 Å². The summed E-state index contributed by atoms with van der Waals surface area (Å²) < 4.78 is 0. The fourth-order valence-electron chi connectivity index (χ4n) is 9.01. The highest BCUT2D eigenvalue weighted by Crippen LogP contribution is 2.16. The van der Waals surface area contributed by atoms with Gasteiger partial charge in [0, 0.05) is 32.4 Å². The molecule has 3 atom stereocenters. The minimum Gasteiger partial charge on any atom is -0.356 e. The van der Waals surface area contributed by atoms with Gasteiger partial charge in [-0.05, 0) is 103 Å². The molecule has 0 spiro atoms. The first kappa shape index (κ1) is 66.9. The number of carbonyl (C=O) groups is 6. The normalized spacial score (nSPS) is 12.5. The second kappa shape index (κ2) is 50.9. The van der Waals surface area contributed by atoms with E-state index in [1.54, 1.807) is 6.92 Å². The third-order valence-electron chi connectivity index (χ3n) is 13.6. The molecule has 70 heavy (non-hydrogen) atoms. The van der Waals surface area contributed by atoms with Gasteiger partial charge >= 0.3 is 0 Å². The van der Waals surface area contributed by atoms with Crippen molar-refractivity contribution in [2.24, 2.45) is 11.5 Å². The van der Waals surface area contributed by atoms with E-state index in [2.05, 4.69) is 40.4 Å². The third-order valence-corrected chi connectivity index (χ3v) is 13.6. The molecule has 0 aromatic rings. The molecule has 0 aliphatic rings. The van der Waals surface area contributed by atoms with Crippen molar-refractivity contribution in [3.8, 4) is 0 Å². The topological polar surface area (TPSA) is 215 Å². The third kappa shape index (κ3) is 43.7. The Bertz CT molecular complexity index is 1290. The van der Waals surface area contributed by atoms with Crippen molar-refractivity contribution < 1.29 is 28.8 Å². The van der Waals surface area contributed by atoms with Crippen LogP contribution in [0, 0.1) is 0 Å². The second-order valence-electron chi connectivity index (χ2n) is 20.4. The summed E-state index contributed by atoms with van der Waals surface area (Å²) in [5, 5.41) is 14.8. The van der Waals surface area contributed by atoms with E-state index in [-0.39, 0.29) is 23.5 Å². The van der Waals surface area contributed by atoms with E-state index in [9.17, 15) is 28.8 Å². The van der Waals surface area contributed by atoms with Crippen LogP contribution in [0.1, 0.15) is 284 Å². The molecule has 5 amide bonds. The summed E-state index contributed by atoms with van der Waals surface area (Å²) in [5.74, 6) is -1.17. The van der Waals surface area contributed by atoms with Crippen LogP contribution in [0.25, 0.3) is 0 Å². The molecule has 0 aliphatic carbocycles. The van der Waals surface area contributed by atoms with Crippen LogP contribution in [0.5, 0.6) is 0 Å². The molecule has 410 valence electrons. The Labute approximate surface area is 429 Å².